The minimum absolute atomic E-state index is 0.179. The van der Waals surface area contributed by atoms with Crippen molar-refractivity contribution in [1.82, 2.24) is 0 Å². The van der Waals surface area contributed by atoms with Crippen LogP contribution in [0.3, 0.4) is 0 Å². The second-order valence-electron chi connectivity index (χ2n) is 4.60. The van der Waals surface area contributed by atoms with Crippen LogP contribution in [-0.4, -0.2) is 12.7 Å². The molecule has 1 unspecified atom stereocenters. The van der Waals surface area contributed by atoms with E-state index < -0.39 is 0 Å². The SMILES string of the molecule is c1ccc2c(c1)c1ccccc1p2CC1CO1. The van der Waals surface area contributed by atoms with Crippen LogP contribution >= 0.6 is 7.53 Å². The highest BCUT2D eigenvalue weighted by Gasteiger charge is 2.25. The van der Waals surface area contributed by atoms with E-state index in [2.05, 4.69) is 48.5 Å². The Balaban J connectivity index is 2.10. The molecule has 0 bridgehead atoms. The molecule has 1 nitrogen and oxygen atoms in total. The number of rotatable bonds is 2. The van der Waals surface area contributed by atoms with E-state index in [0.717, 1.165) is 6.61 Å². The highest BCUT2D eigenvalue weighted by atomic mass is 31.1. The molecule has 1 aliphatic heterocycles. The number of benzene rings is 2. The lowest BCUT2D eigenvalue weighted by molar-refractivity contribution is 0.417. The molecule has 0 N–H and O–H groups in total. The van der Waals surface area contributed by atoms with Crippen molar-refractivity contribution < 1.29 is 4.74 Å². The molecule has 0 saturated carbocycles. The lowest BCUT2D eigenvalue weighted by atomic mass is 10.2. The maximum atomic E-state index is 5.42. The van der Waals surface area contributed by atoms with Gasteiger partial charge in [0.15, 0.2) is 0 Å². The third-order valence-electron chi connectivity index (χ3n) is 3.47. The molecule has 0 aliphatic carbocycles. The molecule has 2 heteroatoms. The van der Waals surface area contributed by atoms with E-state index in [-0.39, 0.29) is 7.53 Å². The van der Waals surface area contributed by atoms with E-state index in [1.165, 1.54) is 16.9 Å². The first-order valence-corrected chi connectivity index (χ1v) is 7.54. The smallest absolute Gasteiger partial charge is 0.0882 e. The van der Waals surface area contributed by atoms with Crippen molar-refractivity contribution in [1.29, 1.82) is 0 Å². The average Bonchev–Trinajstić information content (AvgIpc) is 3.15. The number of hydrogen-bond donors (Lipinski definition) is 0. The molecule has 0 amide bonds. The first kappa shape index (κ1) is 9.70. The summed E-state index contributed by atoms with van der Waals surface area (Å²) in [5.74, 6) is 0. The summed E-state index contributed by atoms with van der Waals surface area (Å²) in [7, 11) is -0.179. The van der Waals surface area contributed by atoms with Gasteiger partial charge in [-0.25, -0.2) is 0 Å². The zero-order valence-corrected chi connectivity index (χ0v) is 10.4. The zero-order valence-electron chi connectivity index (χ0n) is 9.47. The Bertz CT molecular complexity index is 641. The van der Waals surface area contributed by atoms with Crippen LogP contribution in [0, 0.1) is 0 Å². The van der Waals surface area contributed by atoms with Crippen molar-refractivity contribution >= 4 is 28.5 Å². The van der Waals surface area contributed by atoms with Crippen LogP contribution in [0.1, 0.15) is 0 Å². The fourth-order valence-electron chi connectivity index (χ4n) is 2.58. The molecule has 4 rings (SSSR count). The molecular formula is C15H13OP. The Morgan fingerprint density at radius 2 is 1.47 bits per heavy atom. The van der Waals surface area contributed by atoms with E-state index in [1.54, 1.807) is 10.2 Å². The predicted octanol–water partition coefficient (Wildman–Crippen LogP) is 4.38. The van der Waals surface area contributed by atoms with Gasteiger partial charge < -0.3 is 4.74 Å². The third-order valence-corrected chi connectivity index (χ3v) is 6.18. The van der Waals surface area contributed by atoms with Gasteiger partial charge in [0.2, 0.25) is 0 Å². The minimum atomic E-state index is -0.179. The van der Waals surface area contributed by atoms with Crippen molar-refractivity contribution in [2.24, 2.45) is 0 Å². The summed E-state index contributed by atoms with van der Waals surface area (Å²) in [6.07, 6.45) is 1.71. The van der Waals surface area contributed by atoms with Crippen molar-refractivity contribution in [3.8, 4) is 0 Å². The molecule has 3 aromatic rings. The van der Waals surface area contributed by atoms with Gasteiger partial charge in [-0.1, -0.05) is 48.5 Å². The zero-order chi connectivity index (χ0) is 11.2. The molecule has 17 heavy (non-hydrogen) atoms. The van der Waals surface area contributed by atoms with Crippen LogP contribution < -0.4 is 0 Å². The Hall–Kier alpha value is -1.30. The molecule has 84 valence electrons. The largest absolute Gasteiger partial charge is 0.372 e. The molecule has 1 aromatic heterocycles. The van der Waals surface area contributed by atoms with Crippen LogP contribution in [0.4, 0.5) is 0 Å². The van der Waals surface area contributed by atoms with Crippen molar-refractivity contribution in [3.05, 3.63) is 48.5 Å². The fraction of sp³-hybridized carbons (Fsp3) is 0.200. The van der Waals surface area contributed by atoms with Gasteiger partial charge in [0.25, 0.3) is 0 Å². The van der Waals surface area contributed by atoms with Crippen molar-refractivity contribution in [2.75, 3.05) is 6.61 Å². The summed E-state index contributed by atoms with van der Waals surface area (Å²) in [4.78, 5) is 0. The first-order chi connectivity index (χ1) is 8.43. The van der Waals surface area contributed by atoms with Crippen LogP contribution in [-0.2, 0) is 10.9 Å². The predicted molar refractivity (Wildman–Crippen MR) is 73.9 cm³/mol. The molecule has 2 heterocycles. The van der Waals surface area contributed by atoms with E-state index in [1.807, 2.05) is 0 Å². The molecule has 1 aliphatic rings. The third kappa shape index (κ3) is 1.50. The van der Waals surface area contributed by atoms with Gasteiger partial charge in [0.05, 0.1) is 12.7 Å². The number of ether oxygens (including phenoxy) is 1. The Morgan fingerprint density at radius 3 is 2.00 bits per heavy atom. The normalized spacial score (nSPS) is 18.9. The summed E-state index contributed by atoms with van der Waals surface area (Å²) >= 11 is 0. The fourth-order valence-corrected chi connectivity index (χ4v) is 5.35. The summed E-state index contributed by atoms with van der Waals surface area (Å²) in [6, 6.07) is 17.7. The van der Waals surface area contributed by atoms with Crippen LogP contribution in [0.2, 0.25) is 0 Å². The lowest BCUT2D eigenvalue weighted by Crippen LogP contribution is -1.81. The van der Waals surface area contributed by atoms with Gasteiger partial charge in [-0.05, 0) is 10.8 Å². The van der Waals surface area contributed by atoms with Crippen LogP contribution in [0.15, 0.2) is 48.5 Å². The minimum Gasteiger partial charge on any atom is -0.372 e. The molecule has 2 aromatic carbocycles. The Morgan fingerprint density at radius 1 is 0.941 bits per heavy atom. The monoisotopic (exact) mass is 240 g/mol. The van der Waals surface area contributed by atoms with Gasteiger partial charge in [0.1, 0.15) is 0 Å². The quantitative estimate of drug-likeness (QED) is 0.605. The average molecular weight is 240 g/mol. The van der Waals surface area contributed by atoms with E-state index in [0.29, 0.717) is 6.10 Å². The highest BCUT2D eigenvalue weighted by Crippen LogP contribution is 2.51. The summed E-state index contributed by atoms with van der Waals surface area (Å²) in [5.41, 5.74) is 0. The molecule has 1 saturated heterocycles. The van der Waals surface area contributed by atoms with Gasteiger partial charge in [-0.3, -0.25) is 0 Å². The van der Waals surface area contributed by atoms with E-state index in [9.17, 15) is 0 Å². The maximum absolute atomic E-state index is 5.42. The van der Waals surface area contributed by atoms with Gasteiger partial charge in [-0.15, -0.1) is 7.53 Å². The lowest BCUT2D eigenvalue weighted by Gasteiger charge is -1.99. The molecule has 0 radical (unpaired) electrons. The molecule has 1 atom stereocenters. The molecular weight excluding hydrogens is 227 g/mol. The summed E-state index contributed by atoms with van der Waals surface area (Å²) < 4.78 is 5.42. The van der Waals surface area contributed by atoms with Gasteiger partial charge in [0, 0.05) is 16.4 Å². The topological polar surface area (TPSA) is 12.5 Å². The van der Waals surface area contributed by atoms with E-state index in [4.69, 9.17) is 4.74 Å². The van der Waals surface area contributed by atoms with Crippen LogP contribution in [0.5, 0.6) is 0 Å². The number of fused-ring (bicyclic) bond motifs is 3. The maximum Gasteiger partial charge on any atom is 0.0882 e. The van der Waals surface area contributed by atoms with E-state index >= 15 is 0 Å². The summed E-state index contributed by atoms with van der Waals surface area (Å²) in [6.45, 7) is 0.961. The number of epoxide rings is 1. The van der Waals surface area contributed by atoms with Crippen molar-refractivity contribution in [3.63, 3.8) is 0 Å². The second kappa shape index (κ2) is 3.60. The Labute approximate surface area is 101 Å². The van der Waals surface area contributed by atoms with Gasteiger partial charge >= 0.3 is 0 Å². The highest BCUT2D eigenvalue weighted by molar-refractivity contribution is 7.60. The Kier molecular flexibility index (Phi) is 2.05. The van der Waals surface area contributed by atoms with Crippen LogP contribution in [0.25, 0.3) is 21.0 Å². The number of hydrogen-bond acceptors (Lipinski definition) is 1. The van der Waals surface area contributed by atoms with Crippen molar-refractivity contribution in [2.45, 2.75) is 12.3 Å². The second-order valence-corrected chi connectivity index (χ2v) is 6.79. The molecule has 0 spiro atoms. The summed E-state index contributed by atoms with van der Waals surface area (Å²) in [5, 5.41) is 5.96. The first-order valence-electron chi connectivity index (χ1n) is 6.01. The molecule has 1 fully saturated rings. The standard InChI is InChI=1S/C15H13OP/c1-3-7-14-12(5-1)13-6-2-4-8-15(13)17(14)10-11-9-16-11/h1-8,11H,9-10H2. The van der Waals surface area contributed by atoms with Gasteiger partial charge in [-0.2, -0.15) is 0 Å².